The number of nitrogens with zero attached hydrogens (tertiary/aromatic N) is 3. The van der Waals surface area contributed by atoms with Gasteiger partial charge in [0.1, 0.15) is 5.75 Å². The van der Waals surface area contributed by atoms with E-state index in [-0.39, 0.29) is 18.2 Å². The quantitative estimate of drug-likeness (QED) is 0.385. The van der Waals surface area contributed by atoms with Crippen molar-refractivity contribution in [2.24, 2.45) is 4.99 Å². The molecule has 0 radical (unpaired) electrons. The molecule has 4 rings (SSSR count). The fourth-order valence-electron chi connectivity index (χ4n) is 2.57. The van der Waals surface area contributed by atoms with Crippen molar-refractivity contribution >= 4 is 17.9 Å². The average Bonchev–Trinajstić information content (AvgIpc) is 3.24. The van der Waals surface area contributed by atoms with Crippen LogP contribution in [0.4, 0.5) is 0 Å². The molecule has 0 saturated carbocycles. The molecule has 8 heteroatoms. The second-order valence-electron chi connectivity index (χ2n) is 6.02. The molecule has 1 aliphatic rings. The molecule has 1 aliphatic heterocycles. The molecule has 8 nitrogen and oxygen atoms in total. The Morgan fingerprint density at radius 2 is 1.89 bits per heavy atom. The van der Waals surface area contributed by atoms with Gasteiger partial charge in [-0.15, -0.1) is 0 Å². The van der Waals surface area contributed by atoms with E-state index in [0.717, 1.165) is 11.1 Å². The highest BCUT2D eigenvalue weighted by Gasteiger charge is 2.23. The van der Waals surface area contributed by atoms with E-state index in [0.29, 0.717) is 22.0 Å². The van der Waals surface area contributed by atoms with E-state index in [4.69, 9.17) is 9.47 Å². The van der Waals surface area contributed by atoms with Gasteiger partial charge < -0.3 is 14.7 Å². The zero-order valence-electron chi connectivity index (χ0n) is 14.9. The van der Waals surface area contributed by atoms with Crippen LogP contribution in [-0.2, 0) is 16.1 Å². The van der Waals surface area contributed by atoms with Crippen molar-refractivity contribution in [3.63, 3.8) is 0 Å². The van der Waals surface area contributed by atoms with Crippen molar-refractivity contribution < 1.29 is 23.8 Å². The summed E-state index contributed by atoms with van der Waals surface area (Å²) in [5.41, 5.74) is 2.51. The number of cyclic esters (lactones) is 1. The first-order valence-corrected chi connectivity index (χ1v) is 8.46. The Kier molecular flexibility index (Phi) is 4.59. The van der Waals surface area contributed by atoms with E-state index in [1.807, 2.05) is 30.3 Å². The van der Waals surface area contributed by atoms with Crippen LogP contribution in [0.15, 0.2) is 69.9 Å². The Morgan fingerprint density at radius 1 is 1.14 bits per heavy atom. The molecular formula is C20H15N3O5. The molecule has 0 bridgehead atoms. The van der Waals surface area contributed by atoms with Gasteiger partial charge in [0.05, 0.1) is 0 Å². The van der Waals surface area contributed by atoms with Gasteiger partial charge in [0.2, 0.25) is 17.3 Å². The molecular weight excluding hydrogens is 362 g/mol. The van der Waals surface area contributed by atoms with Crippen LogP contribution in [0.5, 0.6) is 5.75 Å². The molecule has 0 fully saturated rings. The number of benzene rings is 2. The molecule has 0 aliphatic carbocycles. The lowest BCUT2D eigenvalue weighted by Crippen LogP contribution is -2.29. The molecule has 140 valence electrons. The maximum Gasteiger partial charge on any atom is 0.363 e. The van der Waals surface area contributed by atoms with Gasteiger partial charge in [-0.2, -0.15) is 0 Å². The number of carbonyl (C=O) groups excluding carboxylic acids is 1. The minimum Gasteiger partial charge on any atom is -0.485 e. The van der Waals surface area contributed by atoms with Crippen molar-refractivity contribution in [1.82, 2.24) is 5.16 Å². The number of aliphatic imine (C=N–C) groups is 1. The molecule has 0 unspecified atom stereocenters. The van der Waals surface area contributed by atoms with Crippen LogP contribution < -0.4 is 9.64 Å². The van der Waals surface area contributed by atoms with Gasteiger partial charge in [-0.05, 0) is 40.8 Å². The van der Waals surface area contributed by atoms with E-state index in [2.05, 4.69) is 14.8 Å². The van der Waals surface area contributed by atoms with Gasteiger partial charge in [0.25, 0.3) is 0 Å². The minimum absolute atomic E-state index is 0.0380. The molecule has 1 aromatic heterocycles. The number of aryl methyl sites for hydroxylation is 1. The second kappa shape index (κ2) is 7.36. The Hall–Kier alpha value is -3.94. The maximum absolute atomic E-state index is 12.1. The minimum atomic E-state index is -0.498. The zero-order valence-corrected chi connectivity index (χ0v) is 14.9. The first-order valence-electron chi connectivity index (χ1n) is 8.46. The van der Waals surface area contributed by atoms with Crippen molar-refractivity contribution in [2.45, 2.75) is 13.5 Å². The maximum atomic E-state index is 12.1. The Labute approximate surface area is 159 Å². The standard InChI is InChI=1S/C20H15N3O5/c1-13-18(23(25)28-22-13)12-26-16-9-7-14(8-10-16)11-17-20(24)27-19(21-17)15-5-3-2-4-6-15/h2-11H,12H2,1H3/b17-11+. The molecule has 2 heterocycles. The largest absolute Gasteiger partial charge is 0.485 e. The summed E-state index contributed by atoms with van der Waals surface area (Å²) in [6.07, 6.45) is 1.64. The lowest BCUT2D eigenvalue weighted by molar-refractivity contribution is -0.808. The van der Waals surface area contributed by atoms with Gasteiger partial charge in [-0.25, -0.2) is 9.79 Å². The molecule has 0 N–H and O–H groups in total. The lowest BCUT2D eigenvalue weighted by Gasteiger charge is -2.04. The summed E-state index contributed by atoms with van der Waals surface area (Å²) in [5.74, 6) is 0.346. The fourth-order valence-corrected chi connectivity index (χ4v) is 2.57. The van der Waals surface area contributed by atoms with E-state index >= 15 is 0 Å². The summed E-state index contributed by atoms with van der Waals surface area (Å²) >= 11 is 0. The number of hydrogen-bond donors (Lipinski definition) is 0. The third-order valence-electron chi connectivity index (χ3n) is 4.09. The van der Waals surface area contributed by atoms with E-state index < -0.39 is 5.97 Å². The van der Waals surface area contributed by atoms with Crippen molar-refractivity contribution in [3.8, 4) is 5.75 Å². The number of hydrogen-bond acceptors (Lipinski definition) is 7. The van der Waals surface area contributed by atoms with Crippen LogP contribution in [0.25, 0.3) is 6.08 Å². The highest BCUT2D eigenvalue weighted by atomic mass is 16.8. The number of esters is 1. The number of carbonyl (C=O) groups is 1. The van der Waals surface area contributed by atoms with Gasteiger partial charge in [0, 0.05) is 17.6 Å². The molecule has 3 aromatic rings. The summed E-state index contributed by atoms with van der Waals surface area (Å²) in [5, 5.41) is 15.0. The lowest BCUT2D eigenvalue weighted by atomic mass is 10.2. The van der Waals surface area contributed by atoms with Crippen LogP contribution in [0.3, 0.4) is 0 Å². The summed E-state index contributed by atoms with van der Waals surface area (Å²) < 4.78 is 15.3. The number of aromatic nitrogens is 2. The first kappa shape index (κ1) is 17.5. The molecule has 0 saturated heterocycles. The van der Waals surface area contributed by atoms with Crippen molar-refractivity contribution in [1.29, 1.82) is 0 Å². The summed E-state index contributed by atoms with van der Waals surface area (Å²) in [7, 11) is 0. The van der Waals surface area contributed by atoms with E-state index in [1.165, 1.54) is 0 Å². The Bertz CT molecular complexity index is 1050. The molecule has 0 atom stereocenters. The van der Waals surface area contributed by atoms with E-state index in [9.17, 15) is 10.0 Å². The third kappa shape index (κ3) is 3.61. The Morgan fingerprint density at radius 3 is 2.57 bits per heavy atom. The SMILES string of the molecule is Cc1no[n+]([O-])c1COc1ccc(/C=C2/N=C(c3ccccc3)OC2=O)cc1. The van der Waals surface area contributed by atoms with Crippen molar-refractivity contribution in [3.05, 3.63) is 88.0 Å². The topological polar surface area (TPSA) is 101 Å². The highest BCUT2D eigenvalue weighted by molar-refractivity contribution is 6.12. The molecule has 28 heavy (non-hydrogen) atoms. The molecule has 2 aromatic carbocycles. The second-order valence-corrected chi connectivity index (χ2v) is 6.02. The van der Waals surface area contributed by atoms with Crippen LogP contribution in [0.1, 0.15) is 22.5 Å². The summed E-state index contributed by atoms with van der Waals surface area (Å²) in [6, 6.07) is 16.2. The summed E-state index contributed by atoms with van der Waals surface area (Å²) in [6.45, 7) is 1.70. The first-order chi connectivity index (χ1) is 13.6. The fraction of sp³-hybridized carbons (Fsp3) is 0.100. The molecule has 0 spiro atoms. The van der Waals surface area contributed by atoms with E-state index in [1.54, 1.807) is 37.3 Å². The number of ether oxygens (including phenoxy) is 2. The van der Waals surface area contributed by atoms with Crippen LogP contribution in [-0.4, -0.2) is 17.0 Å². The van der Waals surface area contributed by atoms with Crippen LogP contribution in [0.2, 0.25) is 0 Å². The van der Waals surface area contributed by atoms with Gasteiger partial charge in [0.15, 0.2) is 12.3 Å². The average molecular weight is 377 g/mol. The van der Waals surface area contributed by atoms with Crippen LogP contribution >= 0.6 is 0 Å². The third-order valence-corrected chi connectivity index (χ3v) is 4.09. The zero-order chi connectivity index (χ0) is 19.5. The van der Waals surface area contributed by atoms with Gasteiger partial charge in [-0.3, -0.25) is 4.63 Å². The highest BCUT2D eigenvalue weighted by Crippen LogP contribution is 2.21. The van der Waals surface area contributed by atoms with Crippen molar-refractivity contribution in [2.75, 3.05) is 0 Å². The number of rotatable bonds is 5. The van der Waals surface area contributed by atoms with Crippen LogP contribution in [0, 0.1) is 12.1 Å². The van der Waals surface area contributed by atoms with Gasteiger partial charge in [-0.1, -0.05) is 30.3 Å². The normalized spacial score (nSPS) is 14.8. The summed E-state index contributed by atoms with van der Waals surface area (Å²) in [4.78, 5) is 16.6. The monoisotopic (exact) mass is 377 g/mol. The predicted octanol–water partition coefficient (Wildman–Crippen LogP) is 2.54. The Balaban J connectivity index is 1.47. The molecule has 0 amide bonds. The smallest absolute Gasteiger partial charge is 0.363 e. The van der Waals surface area contributed by atoms with Gasteiger partial charge >= 0.3 is 5.97 Å². The predicted molar refractivity (Wildman–Crippen MR) is 98.0 cm³/mol.